The summed E-state index contributed by atoms with van der Waals surface area (Å²) in [7, 11) is 0. The second-order valence-electron chi connectivity index (χ2n) is 4.42. The fourth-order valence-electron chi connectivity index (χ4n) is 1.61. The number of ether oxygens (including phenoxy) is 1. The summed E-state index contributed by atoms with van der Waals surface area (Å²) in [4.78, 5) is 5.58. The van der Waals surface area contributed by atoms with E-state index in [1.54, 1.807) is 17.6 Å². The average Bonchev–Trinajstić information content (AvgIpc) is 2.76. The van der Waals surface area contributed by atoms with Crippen LogP contribution in [0, 0.1) is 13.8 Å². The maximum absolute atomic E-state index is 5.68. The molecule has 0 spiro atoms. The van der Waals surface area contributed by atoms with Crippen LogP contribution in [0.4, 0.5) is 5.13 Å². The summed E-state index contributed by atoms with van der Waals surface area (Å²) >= 11 is 1.60. The largest absolute Gasteiger partial charge is 0.493 e. The molecule has 2 rings (SSSR count). The van der Waals surface area contributed by atoms with Crippen LogP contribution in [0.5, 0.6) is 5.75 Å². The number of hydrogen-bond acceptors (Lipinski definition) is 5. The number of anilines is 1. The van der Waals surface area contributed by atoms with Gasteiger partial charge in [-0.05, 0) is 32.4 Å². The van der Waals surface area contributed by atoms with Crippen LogP contribution in [0.1, 0.15) is 29.5 Å². The summed E-state index contributed by atoms with van der Waals surface area (Å²) in [5.74, 6) is 0.853. The Kier molecular flexibility index (Phi) is 5.12. The zero-order valence-corrected chi connectivity index (χ0v) is 12.8. The molecule has 0 saturated carbocycles. The van der Waals surface area contributed by atoms with Crippen LogP contribution < -0.4 is 10.2 Å². The lowest BCUT2D eigenvalue weighted by Gasteiger charge is -2.07. The van der Waals surface area contributed by atoms with Gasteiger partial charge in [0, 0.05) is 10.4 Å². The monoisotopic (exact) mass is 289 g/mol. The first-order valence-electron chi connectivity index (χ1n) is 6.65. The molecular weight excluding hydrogens is 270 g/mol. The quantitative estimate of drug-likeness (QED) is 0.646. The van der Waals surface area contributed by atoms with Gasteiger partial charge < -0.3 is 4.74 Å². The molecule has 1 N–H and O–H groups in total. The SMILES string of the molecule is CCCOc1ccccc1/C=N/Nc1nc(C)c(C)s1. The van der Waals surface area contributed by atoms with Crippen molar-refractivity contribution in [1.82, 2.24) is 4.98 Å². The standard InChI is InChI=1S/C15H19N3OS/c1-4-9-19-14-8-6-5-7-13(14)10-16-18-15-17-11(2)12(3)20-15/h5-8,10H,4,9H2,1-3H3,(H,17,18)/b16-10+. The molecule has 0 aliphatic carbocycles. The van der Waals surface area contributed by atoms with E-state index in [0.29, 0.717) is 6.61 Å². The Balaban J connectivity index is 2.03. The summed E-state index contributed by atoms with van der Waals surface area (Å²) in [5.41, 5.74) is 4.96. The zero-order valence-electron chi connectivity index (χ0n) is 12.0. The van der Waals surface area contributed by atoms with Gasteiger partial charge in [0.25, 0.3) is 0 Å². The number of aryl methyl sites for hydroxylation is 2. The second kappa shape index (κ2) is 7.05. The van der Waals surface area contributed by atoms with E-state index in [0.717, 1.165) is 28.6 Å². The third-order valence-electron chi connectivity index (χ3n) is 2.77. The first-order chi connectivity index (χ1) is 9.70. The number of thiazole rings is 1. The van der Waals surface area contributed by atoms with Crippen molar-refractivity contribution in [3.8, 4) is 5.75 Å². The van der Waals surface area contributed by atoms with Crippen molar-refractivity contribution in [2.45, 2.75) is 27.2 Å². The van der Waals surface area contributed by atoms with Crippen LogP contribution in [0.2, 0.25) is 0 Å². The first kappa shape index (κ1) is 14.5. The predicted molar refractivity (Wildman–Crippen MR) is 85.0 cm³/mol. The predicted octanol–water partition coefficient (Wildman–Crippen LogP) is 3.99. The maximum Gasteiger partial charge on any atom is 0.203 e. The minimum atomic E-state index is 0.711. The number of benzene rings is 1. The molecule has 0 saturated heterocycles. The molecule has 2 aromatic rings. The molecule has 0 atom stereocenters. The van der Waals surface area contributed by atoms with Crippen molar-refractivity contribution >= 4 is 22.7 Å². The van der Waals surface area contributed by atoms with Gasteiger partial charge in [0.05, 0.1) is 18.5 Å². The van der Waals surface area contributed by atoms with Gasteiger partial charge in [0.1, 0.15) is 5.75 Å². The second-order valence-corrected chi connectivity index (χ2v) is 5.62. The lowest BCUT2D eigenvalue weighted by Crippen LogP contribution is -1.99. The molecule has 4 nitrogen and oxygen atoms in total. The van der Waals surface area contributed by atoms with E-state index in [2.05, 4.69) is 29.4 Å². The Labute approximate surface area is 123 Å². The van der Waals surface area contributed by atoms with Gasteiger partial charge in [-0.1, -0.05) is 19.1 Å². The molecule has 0 amide bonds. The topological polar surface area (TPSA) is 46.5 Å². The molecule has 0 bridgehead atoms. The summed E-state index contributed by atoms with van der Waals surface area (Å²) in [5, 5.41) is 5.04. The maximum atomic E-state index is 5.68. The molecule has 0 aliphatic heterocycles. The van der Waals surface area contributed by atoms with Crippen molar-refractivity contribution in [1.29, 1.82) is 0 Å². The highest BCUT2D eigenvalue weighted by Crippen LogP contribution is 2.21. The molecule has 0 aliphatic rings. The highest BCUT2D eigenvalue weighted by molar-refractivity contribution is 7.15. The fourth-order valence-corrected chi connectivity index (χ4v) is 2.37. The van der Waals surface area contributed by atoms with Crippen molar-refractivity contribution in [3.63, 3.8) is 0 Å². The lowest BCUT2D eigenvalue weighted by atomic mass is 10.2. The van der Waals surface area contributed by atoms with E-state index < -0.39 is 0 Å². The van der Waals surface area contributed by atoms with E-state index in [-0.39, 0.29) is 0 Å². The smallest absolute Gasteiger partial charge is 0.203 e. The summed E-state index contributed by atoms with van der Waals surface area (Å²) in [6.07, 6.45) is 2.75. The number of nitrogens with one attached hydrogen (secondary N) is 1. The van der Waals surface area contributed by atoms with Gasteiger partial charge in [0.15, 0.2) is 0 Å². The highest BCUT2D eigenvalue weighted by Gasteiger charge is 2.02. The third kappa shape index (κ3) is 3.81. The summed E-state index contributed by atoms with van der Waals surface area (Å²) in [6.45, 7) is 6.85. The minimum absolute atomic E-state index is 0.711. The van der Waals surface area contributed by atoms with Crippen LogP contribution in [0.15, 0.2) is 29.4 Å². The van der Waals surface area contributed by atoms with Gasteiger partial charge >= 0.3 is 0 Å². The number of rotatable bonds is 6. The Morgan fingerprint density at radius 2 is 2.15 bits per heavy atom. The lowest BCUT2D eigenvalue weighted by molar-refractivity contribution is 0.317. The number of para-hydroxylation sites is 1. The van der Waals surface area contributed by atoms with Crippen molar-refractivity contribution in [3.05, 3.63) is 40.4 Å². The summed E-state index contributed by atoms with van der Waals surface area (Å²) < 4.78 is 5.68. The van der Waals surface area contributed by atoms with Crippen LogP contribution >= 0.6 is 11.3 Å². The zero-order chi connectivity index (χ0) is 14.4. The molecule has 0 radical (unpaired) electrons. The van der Waals surface area contributed by atoms with Crippen molar-refractivity contribution in [2.24, 2.45) is 5.10 Å². The molecule has 1 aromatic heterocycles. The van der Waals surface area contributed by atoms with Crippen LogP contribution in [-0.4, -0.2) is 17.8 Å². The Morgan fingerprint density at radius 1 is 1.35 bits per heavy atom. The third-order valence-corrected chi connectivity index (χ3v) is 3.75. The molecule has 20 heavy (non-hydrogen) atoms. The van der Waals surface area contributed by atoms with E-state index in [1.165, 1.54) is 4.88 Å². The van der Waals surface area contributed by atoms with Crippen molar-refractivity contribution in [2.75, 3.05) is 12.0 Å². The molecule has 1 heterocycles. The van der Waals surface area contributed by atoms with Crippen LogP contribution in [0.25, 0.3) is 0 Å². The van der Waals surface area contributed by atoms with E-state index in [4.69, 9.17) is 4.74 Å². The number of hydrogen-bond donors (Lipinski definition) is 1. The highest BCUT2D eigenvalue weighted by atomic mass is 32.1. The molecule has 106 valence electrons. The molecular formula is C15H19N3OS. The van der Waals surface area contributed by atoms with Crippen LogP contribution in [-0.2, 0) is 0 Å². The number of aromatic nitrogens is 1. The average molecular weight is 289 g/mol. The van der Waals surface area contributed by atoms with Gasteiger partial charge in [-0.15, -0.1) is 11.3 Å². The van der Waals surface area contributed by atoms with Crippen LogP contribution in [0.3, 0.4) is 0 Å². The van der Waals surface area contributed by atoms with Crippen molar-refractivity contribution < 1.29 is 4.74 Å². The van der Waals surface area contributed by atoms with E-state index >= 15 is 0 Å². The molecule has 0 unspecified atom stereocenters. The van der Waals surface area contributed by atoms with Gasteiger partial charge in [0.2, 0.25) is 5.13 Å². The minimum Gasteiger partial charge on any atom is -0.493 e. The number of hydrazone groups is 1. The normalized spacial score (nSPS) is 10.9. The van der Waals surface area contributed by atoms with E-state index in [9.17, 15) is 0 Å². The molecule has 5 heteroatoms. The Bertz CT molecular complexity index is 573. The molecule has 1 aromatic carbocycles. The molecule has 0 fully saturated rings. The Morgan fingerprint density at radius 3 is 2.85 bits per heavy atom. The fraction of sp³-hybridized carbons (Fsp3) is 0.333. The Hall–Kier alpha value is -1.88. The van der Waals surface area contributed by atoms with Gasteiger partial charge in [-0.25, -0.2) is 4.98 Å². The first-order valence-corrected chi connectivity index (χ1v) is 7.47. The van der Waals surface area contributed by atoms with Gasteiger partial charge in [-0.3, -0.25) is 5.43 Å². The number of nitrogens with zero attached hydrogens (tertiary/aromatic N) is 2. The summed E-state index contributed by atoms with van der Waals surface area (Å²) in [6, 6.07) is 7.87. The van der Waals surface area contributed by atoms with Gasteiger partial charge in [-0.2, -0.15) is 5.10 Å². The van der Waals surface area contributed by atoms with E-state index in [1.807, 2.05) is 31.2 Å².